The van der Waals surface area contributed by atoms with Crippen molar-refractivity contribution >= 4 is 31.9 Å². The number of aromatic carboxylic acids is 1. The van der Waals surface area contributed by atoms with Gasteiger partial charge < -0.3 is 14.3 Å². The van der Waals surface area contributed by atoms with Crippen molar-refractivity contribution in [2.45, 2.75) is 10.9 Å². The third kappa shape index (κ3) is 4.09. The Morgan fingerprint density at radius 2 is 2.00 bits per heavy atom. The molecular weight excluding hydrogens is 421 g/mol. The van der Waals surface area contributed by atoms with Gasteiger partial charge in [0.05, 0.1) is 12.6 Å². The summed E-state index contributed by atoms with van der Waals surface area (Å²) in [7, 11) is -1.37. The van der Waals surface area contributed by atoms with Crippen molar-refractivity contribution in [2.75, 3.05) is 20.8 Å². The first-order valence-corrected chi connectivity index (χ1v) is 9.17. The van der Waals surface area contributed by atoms with E-state index in [0.717, 1.165) is 10.4 Å². The molecule has 0 aliphatic carbocycles. The highest BCUT2D eigenvalue weighted by molar-refractivity contribution is 9.10. The van der Waals surface area contributed by atoms with Crippen molar-refractivity contribution in [3.05, 3.63) is 52.1 Å². The van der Waals surface area contributed by atoms with E-state index >= 15 is 0 Å². The second-order valence-electron chi connectivity index (χ2n) is 5.10. The number of ether oxygens (including phenoxy) is 1. The highest BCUT2D eigenvalue weighted by Gasteiger charge is 2.33. The minimum absolute atomic E-state index is 0.0165. The fourth-order valence-electron chi connectivity index (χ4n) is 2.21. The summed E-state index contributed by atoms with van der Waals surface area (Å²) in [6.45, 7) is 0.0165. The van der Waals surface area contributed by atoms with Crippen LogP contribution in [0.2, 0.25) is 0 Å². The zero-order valence-corrected chi connectivity index (χ0v) is 15.7. The molecule has 0 saturated carbocycles. The molecule has 10 heteroatoms. The smallest absolute Gasteiger partial charge is 0.371 e. The molecule has 0 amide bonds. The van der Waals surface area contributed by atoms with Crippen LogP contribution in [-0.4, -0.2) is 44.6 Å². The molecule has 0 spiro atoms. The van der Waals surface area contributed by atoms with E-state index in [-0.39, 0.29) is 16.2 Å². The van der Waals surface area contributed by atoms with Crippen molar-refractivity contribution in [2.24, 2.45) is 0 Å². The number of carbonyl (C=O) groups is 1. The van der Waals surface area contributed by atoms with Gasteiger partial charge >= 0.3 is 5.97 Å². The fourth-order valence-corrected chi connectivity index (χ4v) is 4.44. The average molecular weight is 436 g/mol. The maximum atomic E-state index is 13.1. The normalized spacial score (nSPS) is 13.2. The van der Waals surface area contributed by atoms with Crippen LogP contribution < -0.4 is 0 Å². The molecule has 0 fully saturated rings. The average Bonchev–Trinajstić information content (AvgIpc) is 2.96. The zero-order chi connectivity index (χ0) is 18.8. The van der Waals surface area contributed by atoms with E-state index in [1.807, 2.05) is 0 Å². The number of carboxylic acid groups (broad SMARTS) is 1. The number of sulfonamides is 1. The number of halogens is 2. The predicted octanol–water partition coefficient (Wildman–Crippen LogP) is 2.89. The molecule has 1 aromatic carbocycles. The maximum absolute atomic E-state index is 13.1. The molecule has 25 heavy (non-hydrogen) atoms. The molecule has 0 aliphatic heterocycles. The standard InChI is InChI=1S/C15H15BrFNO6S/c1-18(11(8-23-2)9-3-5-10(17)6-4-9)25(21,22)13-7-12(15(19)20)24-14(13)16/h3-7,11H,8H2,1-2H3,(H,19,20). The Labute approximate surface area is 152 Å². The lowest BCUT2D eigenvalue weighted by Gasteiger charge is -2.27. The Morgan fingerprint density at radius 3 is 2.48 bits per heavy atom. The first-order valence-electron chi connectivity index (χ1n) is 6.93. The molecule has 7 nitrogen and oxygen atoms in total. The molecule has 2 aromatic rings. The van der Waals surface area contributed by atoms with Crippen LogP contribution in [0, 0.1) is 5.82 Å². The van der Waals surface area contributed by atoms with Crippen LogP contribution >= 0.6 is 15.9 Å². The van der Waals surface area contributed by atoms with E-state index in [2.05, 4.69) is 15.9 Å². The number of benzene rings is 1. The summed E-state index contributed by atoms with van der Waals surface area (Å²) in [5.74, 6) is -2.35. The molecule has 1 N–H and O–H groups in total. The van der Waals surface area contributed by atoms with Gasteiger partial charge in [-0.2, -0.15) is 4.31 Å². The Morgan fingerprint density at radius 1 is 1.40 bits per heavy atom. The quantitative estimate of drug-likeness (QED) is 0.717. The number of carboxylic acids is 1. The summed E-state index contributed by atoms with van der Waals surface area (Å²) in [5.41, 5.74) is 0.521. The van der Waals surface area contributed by atoms with Gasteiger partial charge in [-0.1, -0.05) is 12.1 Å². The first-order chi connectivity index (χ1) is 11.7. The van der Waals surface area contributed by atoms with Crippen LogP contribution in [-0.2, 0) is 14.8 Å². The van der Waals surface area contributed by atoms with Crippen molar-refractivity contribution in [1.82, 2.24) is 4.31 Å². The SMILES string of the molecule is COCC(c1ccc(F)cc1)N(C)S(=O)(=O)c1cc(C(=O)O)oc1Br. The third-order valence-corrected chi connectivity index (χ3v) is 6.26. The number of hydrogen-bond acceptors (Lipinski definition) is 5. The number of rotatable bonds is 7. The van der Waals surface area contributed by atoms with Crippen LogP contribution in [0.4, 0.5) is 4.39 Å². The maximum Gasteiger partial charge on any atom is 0.371 e. The molecule has 0 radical (unpaired) electrons. The highest BCUT2D eigenvalue weighted by atomic mass is 79.9. The number of likely N-dealkylation sites (N-methyl/N-ethyl adjacent to an activating group) is 1. The monoisotopic (exact) mass is 435 g/mol. The highest BCUT2D eigenvalue weighted by Crippen LogP contribution is 2.32. The van der Waals surface area contributed by atoms with E-state index in [9.17, 15) is 17.6 Å². The molecule has 0 aliphatic rings. The Hall–Kier alpha value is -1.75. The molecule has 1 unspecified atom stereocenters. The topological polar surface area (TPSA) is 97.0 Å². The Bertz CT molecular complexity index is 865. The summed E-state index contributed by atoms with van der Waals surface area (Å²) in [6.07, 6.45) is 0. The first kappa shape index (κ1) is 19.6. The van der Waals surface area contributed by atoms with Gasteiger partial charge in [-0.05, 0) is 33.6 Å². The molecule has 0 saturated heterocycles. The molecule has 1 atom stereocenters. The fraction of sp³-hybridized carbons (Fsp3) is 0.267. The largest absolute Gasteiger partial charge is 0.475 e. The van der Waals surface area contributed by atoms with Crippen LogP contribution in [0.5, 0.6) is 0 Å². The Kier molecular flexibility index (Phi) is 5.99. The van der Waals surface area contributed by atoms with Gasteiger partial charge in [-0.15, -0.1) is 0 Å². The third-order valence-electron chi connectivity index (χ3n) is 3.54. The minimum atomic E-state index is -4.11. The van der Waals surface area contributed by atoms with E-state index in [1.165, 1.54) is 38.4 Å². The number of furan rings is 1. The van der Waals surface area contributed by atoms with Crippen LogP contribution in [0.3, 0.4) is 0 Å². The van der Waals surface area contributed by atoms with Gasteiger partial charge in [-0.25, -0.2) is 17.6 Å². The number of methoxy groups -OCH3 is 1. The van der Waals surface area contributed by atoms with Crippen molar-refractivity contribution in [3.63, 3.8) is 0 Å². The second-order valence-corrected chi connectivity index (χ2v) is 7.78. The molecule has 1 aromatic heterocycles. The van der Waals surface area contributed by atoms with Gasteiger partial charge in [-0.3, -0.25) is 0 Å². The summed E-state index contributed by atoms with van der Waals surface area (Å²) >= 11 is 2.93. The lowest BCUT2D eigenvalue weighted by Crippen LogP contribution is -2.33. The molecular formula is C15H15BrFNO6S. The lowest BCUT2D eigenvalue weighted by molar-refractivity contribution is 0.0661. The summed E-state index contributed by atoms with van der Waals surface area (Å²) in [5, 5.41) is 8.95. The van der Waals surface area contributed by atoms with E-state index in [1.54, 1.807) is 0 Å². The summed E-state index contributed by atoms with van der Waals surface area (Å²) < 4.78 is 49.6. The van der Waals surface area contributed by atoms with Crippen LogP contribution in [0.15, 0.2) is 44.3 Å². The predicted molar refractivity (Wildman–Crippen MR) is 89.3 cm³/mol. The lowest BCUT2D eigenvalue weighted by atomic mass is 10.1. The van der Waals surface area contributed by atoms with Crippen LogP contribution in [0.1, 0.15) is 22.2 Å². The summed E-state index contributed by atoms with van der Waals surface area (Å²) in [6, 6.07) is 5.53. The molecule has 1 heterocycles. The Balaban J connectivity index is 2.45. The minimum Gasteiger partial charge on any atom is -0.475 e. The van der Waals surface area contributed by atoms with Gasteiger partial charge in [0, 0.05) is 20.2 Å². The van der Waals surface area contributed by atoms with Gasteiger partial charge in [0.25, 0.3) is 0 Å². The van der Waals surface area contributed by atoms with Crippen molar-refractivity contribution < 1.29 is 31.9 Å². The van der Waals surface area contributed by atoms with E-state index < -0.39 is 33.6 Å². The van der Waals surface area contributed by atoms with Crippen molar-refractivity contribution in [1.29, 1.82) is 0 Å². The molecule has 0 bridgehead atoms. The van der Waals surface area contributed by atoms with Gasteiger partial charge in [0.15, 0.2) is 4.67 Å². The van der Waals surface area contributed by atoms with Crippen LogP contribution in [0.25, 0.3) is 0 Å². The second kappa shape index (κ2) is 7.65. The van der Waals surface area contributed by atoms with E-state index in [4.69, 9.17) is 14.3 Å². The molecule has 136 valence electrons. The van der Waals surface area contributed by atoms with Gasteiger partial charge in [0.1, 0.15) is 10.7 Å². The number of nitrogens with zero attached hydrogens (tertiary/aromatic N) is 1. The van der Waals surface area contributed by atoms with Gasteiger partial charge in [0.2, 0.25) is 15.8 Å². The number of hydrogen-bond donors (Lipinski definition) is 1. The summed E-state index contributed by atoms with van der Waals surface area (Å²) in [4.78, 5) is 10.7. The van der Waals surface area contributed by atoms with E-state index in [0.29, 0.717) is 5.56 Å². The zero-order valence-electron chi connectivity index (χ0n) is 13.3. The van der Waals surface area contributed by atoms with Crippen molar-refractivity contribution in [3.8, 4) is 0 Å². The molecule has 2 rings (SSSR count).